The molecule has 0 bridgehead atoms. The Balaban J connectivity index is 1.97. The van der Waals surface area contributed by atoms with Crippen molar-refractivity contribution in [3.05, 3.63) is 28.8 Å². The van der Waals surface area contributed by atoms with Crippen molar-refractivity contribution < 1.29 is 18.0 Å². The predicted octanol–water partition coefficient (Wildman–Crippen LogP) is 2.28. The molecule has 2 heterocycles. The normalized spacial score (nSPS) is 23.6. The highest BCUT2D eigenvalue weighted by Gasteiger charge is 2.42. The van der Waals surface area contributed by atoms with E-state index in [0.29, 0.717) is 13.1 Å². The standard InChI is InChI=1S/C16H19ClN2O4S/c1-11-10-24(22,23)19(15(11)20)12-5-6-14(17)13(9-12)16(21)18-7-3-2-4-8-18/h5-6,9,11H,2-4,7-8,10H2,1H3. The minimum atomic E-state index is -3.70. The number of benzene rings is 1. The van der Waals surface area contributed by atoms with Crippen LogP contribution in [-0.2, 0) is 14.8 Å². The smallest absolute Gasteiger partial charge is 0.255 e. The van der Waals surface area contributed by atoms with Crippen LogP contribution in [0.15, 0.2) is 18.2 Å². The molecule has 0 N–H and O–H groups in total. The van der Waals surface area contributed by atoms with Crippen LogP contribution < -0.4 is 4.31 Å². The monoisotopic (exact) mass is 370 g/mol. The van der Waals surface area contributed by atoms with Crippen molar-refractivity contribution in [3.63, 3.8) is 0 Å². The van der Waals surface area contributed by atoms with E-state index in [4.69, 9.17) is 11.6 Å². The molecule has 1 atom stereocenters. The van der Waals surface area contributed by atoms with Gasteiger partial charge in [-0.1, -0.05) is 18.5 Å². The minimum absolute atomic E-state index is 0.175. The number of carbonyl (C=O) groups excluding carboxylic acids is 2. The molecule has 0 saturated carbocycles. The largest absolute Gasteiger partial charge is 0.339 e. The molecule has 2 aliphatic rings. The van der Waals surface area contributed by atoms with Crippen LogP contribution in [-0.4, -0.2) is 44.0 Å². The second kappa shape index (κ2) is 6.37. The van der Waals surface area contributed by atoms with Gasteiger partial charge in [-0.3, -0.25) is 9.59 Å². The lowest BCUT2D eigenvalue weighted by atomic mass is 10.1. The van der Waals surface area contributed by atoms with Crippen LogP contribution >= 0.6 is 11.6 Å². The van der Waals surface area contributed by atoms with Crippen LogP contribution in [0.2, 0.25) is 5.02 Å². The molecule has 0 aromatic heterocycles. The van der Waals surface area contributed by atoms with Crippen LogP contribution in [0.1, 0.15) is 36.5 Å². The summed E-state index contributed by atoms with van der Waals surface area (Å²) in [7, 11) is -3.70. The minimum Gasteiger partial charge on any atom is -0.339 e. The third kappa shape index (κ3) is 3.02. The molecule has 0 radical (unpaired) electrons. The average molecular weight is 371 g/mol. The summed E-state index contributed by atoms with van der Waals surface area (Å²) in [6.45, 7) is 2.91. The highest BCUT2D eigenvalue weighted by molar-refractivity contribution is 7.94. The van der Waals surface area contributed by atoms with E-state index in [1.54, 1.807) is 11.8 Å². The summed E-state index contributed by atoms with van der Waals surface area (Å²) < 4.78 is 25.2. The SMILES string of the molecule is CC1CS(=O)(=O)N(c2ccc(Cl)c(C(=O)N3CCCCC3)c2)C1=O. The highest BCUT2D eigenvalue weighted by atomic mass is 35.5. The number of amides is 2. The molecule has 1 unspecified atom stereocenters. The van der Waals surface area contributed by atoms with E-state index >= 15 is 0 Å². The van der Waals surface area contributed by atoms with Gasteiger partial charge in [0, 0.05) is 13.1 Å². The van der Waals surface area contributed by atoms with Gasteiger partial charge in [-0.25, -0.2) is 12.7 Å². The first kappa shape index (κ1) is 17.2. The summed E-state index contributed by atoms with van der Waals surface area (Å²) in [5.41, 5.74) is 0.410. The maximum Gasteiger partial charge on any atom is 0.255 e. The number of hydrogen-bond donors (Lipinski definition) is 0. The summed E-state index contributed by atoms with van der Waals surface area (Å²) in [5, 5.41) is 0.256. The number of piperidine rings is 1. The maximum absolute atomic E-state index is 12.7. The highest BCUT2D eigenvalue weighted by Crippen LogP contribution is 2.31. The van der Waals surface area contributed by atoms with Crippen LogP contribution in [0, 0.1) is 5.92 Å². The van der Waals surface area contributed by atoms with Gasteiger partial charge < -0.3 is 4.90 Å². The first-order valence-electron chi connectivity index (χ1n) is 7.97. The molecule has 3 rings (SSSR count). The van der Waals surface area contributed by atoms with Crippen molar-refractivity contribution in [3.8, 4) is 0 Å². The van der Waals surface area contributed by atoms with E-state index in [0.717, 1.165) is 23.6 Å². The zero-order valence-electron chi connectivity index (χ0n) is 13.4. The Morgan fingerprint density at radius 3 is 2.46 bits per heavy atom. The third-order valence-corrected chi connectivity index (χ3v) is 6.62. The number of carbonyl (C=O) groups is 2. The summed E-state index contributed by atoms with van der Waals surface area (Å²) in [5.74, 6) is -1.51. The quantitative estimate of drug-likeness (QED) is 0.800. The molecule has 0 aliphatic carbocycles. The van der Waals surface area contributed by atoms with Crippen molar-refractivity contribution in [2.75, 3.05) is 23.1 Å². The lowest BCUT2D eigenvalue weighted by Gasteiger charge is -2.27. The molecule has 1 aromatic rings. The number of sulfonamides is 1. The molecule has 2 fully saturated rings. The number of nitrogens with zero attached hydrogens (tertiary/aromatic N) is 2. The van der Waals surface area contributed by atoms with Gasteiger partial charge in [0.05, 0.1) is 27.9 Å². The zero-order valence-corrected chi connectivity index (χ0v) is 14.9. The number of anilines is 1. The predicted molar refractivity (Wildman–Crippen MR) is 91.6 cm³/mol. The molecule has 1 aromatic carbocycles. The van der Waals surface area contributed by atoms with Gasteiger partial charge in [0.1, 0.15) is 0 Å². The number of likely N-dealkylation sites (tertiary alicyclic amines) is 1. The molecule has 0 spiro atoms. The van der Waals surface area contributed by atoms with Gasteiger partial charge in [0.2, 0.25) is 15.9 Å². The summed E-state index contributed by atoms with van der Waals surface area (Å²) >= 11 is 6.15. The molecule has 130 valence electrons. The zero-order chi connectivity index (χ0) is 17.5. The van der Waals surface area contributed by atoms with Crippen molar-refractivity contribution >= 4 is 39.1 Å². The third-order valence-electron chi connectivity index (χ3n) is 4.42. The summed E-state index contributed by atoms with van der Waals surface area (Å²) in [4.78, 5) is 26.6. The Morgan fingerprint density at radius 2 is 1.88 bits per heavy atom. The van der Waals surface area contributed by atoms with E-state index in [-0.39, 0.29) is 27.9 Å². The Labute approximate surface area is 146 Å². The molecule has 2 amide bonds. The van der Waals surface area contributed by atoms with E-state index in [1.807, 2.05) is 0 Å². The fourth-order valence-corrected chi connectivity index (χ4v) is 5.17. The Hall–Kier alpha value is -1.60. The number of rotatable bonds is 2. The van der Waals surface area contributed by atoms with Crippen molar-refractivity contribution in [2.24, 2.45) is 5.92 Å². The Kier molecular flexibility index (Phi) is 4.57. The van der Waals surface area contributed by atoms with Gasteiger partial charge in [0.25, 0.3) is 5.91 Å². The second-order valence-corrected chi connectivity index (χ2v) is 8.57. The summed E-state index contributed by atoms with van der Waals surface area (Å²) in [6, 6.07) is 4.34. The van der Waals surface area contributed by atoms with Gasteiger partial charge in [-0.2, -0.15) is 0 Å². The van der Waals surface area contributed by atoms with Gasteiger partial charge in [-0.15, -0.1) is 0 Å². The van der Waals surface area contributed by atoms with Crippen LogP contribution in [0.4, 0.5) is 5.69 Å². The van der Waals surface area contributed by atoms with E-state index < -0.39 is 21.8 Å². The van der Waals surface area contributed by atoms with Crippen molar-refractivity contribution in [1.82, 2.24) is 4.90 Å². The number of halogens is 1. The van der Waals surface area contributed by atoms with Crippen LogP contribution in [0.25, 0.3) is 0 Å². The van der Waals surface area contributed by atoms with Crippen molar-refractivity contribution in [2.45, 2.75) is 26.2 Å². The fraction of sp³-hybridized carbons (Fsp3) is 0.500. The second-order valence-electron chi connectivity index (χ2n) is 6.30. The summed E-state index contributed by atoms with van der Waals surface area (Å²) in [6.07, 6.45) is 2.98. The lowest BCUT2D eigenvalue weighted by molar-refractivity contribution is -0.119. The van der Waals surface area contributed by atoms with E-state index in [1.165, 1.54) is 18.2 Å². The van der Waals surface area contributed by atoms with E-state index in [2.05, 4.69) is 0 Å². The van der Waals surface area contributed by atoms with Gasteiger partial charge in [-0.05, 0) is 37.5 Å². The first-order valence-corrected chi connectivity index (χ1v) is 9.95. The molecular weight excluding hydrogens is 352 g/mol. The molecule has 24 heavy (non-hydrogen) atoms. The van der Waals surface area contributed by atoms with Gasteiger partial charge >= 0.3 is 0 Å². The van der Waals surface area contributed by atoms with Crippen molar-refractivity contribution in [1.29, 1.82) is 0 Å². The Bertz CT molecular complexity index is 787. The van der Waals surface area contributed by atoms with Crippen LogP contribution in [0.5, 0.6) is 0 Å². The molecular formula is C16H19ClN2O4S. The Morgan fingerprint density at radius 1 is 1.21 bits per heavy atom. The van der Waals surface area contributed by atoms with Gasteiger partial charge in [0.15, 0.2) is 0 Å². The average Bonchev–Trinajstić information content (AvgIpc) is 2.76. The fourth-order valence-electron chi connectivity index (χ4n) is 3.16. The maximum atomic E-state index is 12.7. The molecule has 8 heteroatoms. The number of hydrogen-bond acceptors (Lipinski definition) is 4. The van der Waals surface area contributed by atoms with Crippen LogP contribution in [0.3, 0.4) is 0 Å². The molecule has 2 saturated heterocycles. The molecule has 6 nitrogen and oxygen atoms in total. The topological polar surface area (TPSA) is 74.8 Å². The first-order chi connectivity index (χ1) is 11.3. The van der Waals surface area contributed by atoms with E-state index in [9.17, 15) is 18.0 Å². The molecule has 2 aliphatic heterocycles. The lowest BCUT2D eigenvalue weighted by Crippen LogP contribution is -2.36.